The van der Waals surface area contributed by atoms with Crippen LogP contribution in [0, 0.1) is 20.8 Å². The molecule has 0 saturated carbocycles. The van der Waals surface area contributed by atoms with Crippen LogP contribution in [0.1, 0.15) is 35.7 Å². The van der Waals surface area contributed by atoms with Crippen molar-refractivity contribution in [3.05, 3.63) is 27.8 Å². The molecule has 0 aromatic carbocycles. The zero-order valence-corrected chi connectivity index (χ0v) is 14.5. The number of alkyl halides is 3. The minimum Gasteiger partial charge on any atom is -0.321 e. The summed E-state index contributed by atoms with van der Waals surface area (Å²) >= 11 is 5.71. The second-order valence-electron chi connectivity index (χ2n) is 5.52. The summed E-state index contributed by atoms with van der Waals surface area (Å²) in [5.41, 5.74) is 0.753. The van der Waals surface area contributed by atoms with Gasteiger partial charge in [0.2, 0.25) is 5.91 Å². The first-order chi connectivity index (χ1) is 10.9. The second-order valence-corrected chi connectivity index (χ2v) is 5.90. The van der Waals surface area contributed by atoms with E-state index >= 15 is 0 Å². The number of nitrogens with one attached hydrogen (secondary N) is 1. The van der Waals surface area contributed by atoms with Crippen LogP contribution in [0.4, 0.5) is 18.9 Å². The third-order valence-electron chi connectivity index (χ3n) is 3.85. The quantitative estimate of drug-likeness (QED) is 0.908. The summed E-state index contributed by atoms with van der Waals surface area (Å²) in [7, 11) is 1.73. The molecular weight excluding hydrogens is 347 g/mol. The fraction of sp³-hybridized carbons (Fsp3) is 0.500. The lowest BCUT2D eigenvalue weighted by Gasteiger charge is -2.14. The number of aromatic nitrogens is 4. The molecule has 10 heteroatoms. The Kier molecular flexibility index (Phi) is 4.67. The van der Waals surface area contributed by atoms with E-state index < -0.39 is 28.8 Å². The van der Waals surface area contributed by atoms with Crippen molar-refractivity contribution in [2.45, 2.75) is 39.9 Å². The molecule has 1 amide bonds. The van der Waals surface area contributed by atoms with Gasteiger partial charge in [0.25, 0.3) is 0 Å². The minimum atomic E-state index is -4.68. The van der Waals surface area contributed by atoms with Crippen molar-refractivity contribution >= 4 is 23.2 Å². The molecule has 132 valence electrons. The first-order valence-electron chi connectivity index (χ1n) is 7.08. The van der Waals surface area contributed by atoms with E-state index in [4.69, 9.17) is 11.6 Å². The van der Waals surface area contributed by atoms with Crippen LogP contribution in [0.15, 0.2) is 0 Å². The van der Waals surface area contributed by atoms with Crippen molar-refractivity contribution in [3.8, 4) is 0 Å². The molecule has 2 rings (SSSR count). The van der Waals surface area contributed by atoms with Crippen LogP contribution in [-0.4, -0.2) is 25.5 Å². The first kappa shape index (κ1) is 18.3. The SMILES string of the molecule is Cc1nn(C)c(C)c1NC(=O)C(C)n1nc(C(F)(F)F)c(Cl)c1C. The summed E-state index contributed by atoms with van der Waals surface area (Å²) in [5, 5.41) is 9.83. The molecule has 0 saturated heterocycles. The molecule has 0 fully saturated rings. The molecule has 2 aromatic heterocycles. The maximum absolute atomic E-state index is 12.9. The van der Waals surface area contributed by atoms with Gasteiger partial charge in [0.1, 0.15) is 6.04 Å². The van der Waals surface area contributed by atoms with E-state index in [1.165, 1.54) is 13.8 Å². The van der Waals surface area contributed by atoms with Crippen LogP contribution < -0.4 is 5.32 Å². The van der Waals surface area contributed by atoms with Crippen LogP contribution in [0.3, 0.4) is 0 Å². The Bertz CT molecular complexity index is 793. The van der Waals surface area contributed by atoms with Gasteiger partial charge >= 0.3 is 6.18 Å². The van der Waals surface area contributed by atoms with Gasteiger partial charge < -0.3 is 5.32 Å². The van der Waals surface area contributed by atoms with Crippen LogP contribution in [0.2, 0.25) is 5.02 Å². The molecule has 1 unspecified atom stereocenters. The number of anilines is 1. The number of aryl methyl sites for hydroxylation is 2. The zero-order chi connectivity index (χ0) is 18.4. The fourth-order valence-corrected chi connectivity index (χ4v) is 2.58. The van der Waals surface area contributed by atoms with E-state index in [0.29, 0.717) is 11.4 Å². The number of carbonyl (C=O) groups excluding carboxylic acids is 1. The monoisotopic (exact) mass is 363 g/mol. The van der Waals surface area contributed by atoms with Gasteiger partial charge in [-0.15, -0.1) is 0 Å². The molecule has 2 heterocycles. The fourth-order valence-electron chi connectivity index (χ4n) is 2.35. The summed E-state index contributed by atoms with van der Waals surface area (Å²) < 4.78 is 41.2. The second kappa shape index (κ2) is 6.12. The van der Waals surface area contributed by atoms with Crippen molar-refractivity contribution in [1.29, 1.82) is 0 Å². The van der Waals surface area contributed by atoms with Gasteiger partial charge in [-0.1, -0.05) is 11.6 Å². The van der Waals surface area contributed by atoms with E-state index in [1.54, 1.807) is 25.6 Å². The Hall–Kier alpha value is -2.03. The summed E-state index contributed by atoms with van der Waals surface area (Å²) in [4.78, 5) is 12.4. The van der Waals surface area contributed by atoms with Crippen LogP contribution in [-0.2, 0) is 18.0 Å². The summed E-state index contributed by atoms with van der Waals surface area (Å²) in [6, 6.07) is -0.974. The highest BCUT2D eigenvalue weighted by molar-refractivity contribution is 6.32. The molecule has 1 atom stereocenters. The van der Waals surface area contributed by atoms with E-state index in [2.05, 4.69) is 15.5 Å². The molecule has 0 aliphatic heterocycles. The number of carbonyl (C=O) groups is 1. The topological polar surface area (TPSA) is 64.7 Å². The van der Waals surface area contributed by atoms with Gasteiger partial charge in [0.15, 0.2) is 5.69 Å². The van der Waals surface area contributed by atoms with Crippen molar-refractivity contribution in [3.63, 3.8) is 0 Å². The predicted molar refractivity (Wildman–Crippen MR) is 83.0 cm³/mol. The number of hydrogen-bond donors (Lipinski definition) is 1. The Morgan fingerprint density at radius 2 is 1.79 bits per heavy atom. The van der Waals surface area contributed by atoms with Gasteiger partial charge in [-0.2, -0.15) is 23.4 Å². The van der Waals surface area contributed by atoms with Crippen molar-refractivity contribution in [2.24, 2.45) is 7.05 Å². The molecule has 0 aliphatic rings. The smallest absolute Gasteiger partial charge is 0.321 e. The molecule has 24 heavy (non-hydrogen) atoms. The molecule has 6 nitrogen and oxygen atoms in total. The highest BCUT2D eigenvalue weighted by Gasteiger charge is 2.39. The lowest BCUT2D eigenvalue weighted by atomic mass is 10.2. The number of nitrogens with zero attached hydrogens (tertiary/aromatic N) is 4. The lowest BCUT2D eigenvalue weighted by Crippen LogP contribution is -2.26. The highest BCUT2D eigenvalue weighted by Crippen LogP contribution is 2.36. The maximum Gasteiger partial charge on any atom is 0.436 e. The number of halogens is 4. The van der Waals surface area contributed by atoms with Gasteiger partial charge in [0.05, 0.1) is 27.8 Å². The van der Waals surface area contributed by atoms with Crippen LogP contribution in [0.25, 0.3) is 0 Å². The Balaban J connectivity index is 2.32. The van der Waals surface area contributed by atoms with E-state index in [-0.39, 0.29) is 5.69 Å². The summed E-state index contributed by atoms with van der Waals surface area (Å²) in [6.45, 7) is 6.34. The Morgan fingerprint density at radius 1 is 1.21 bits per heavy atom. The zero-order valence-electron chi connectivity index (χ0n) is 13.8. The molecule has 0 aliphatic carbocycles. The van der Waals surface area contributed by atoms with Gasteiger partial charge in [-0.05, 0) is 27.7 Å². The van der Waals surface area contributed by atoms with Gasteiger partial charge in [-0.3, -0.25) is 14.2 Å². The maximum atomic E-state index is 12.9. The minimum absolute atomic E-state index is 0.0753. The van der Waals surface area contributed by atoms with Crippen molar-refractivity contribution < 1.29 is 18.0 Å². The normalized spacial score (nSPS) is 13.2. The summed E-state index contributed by atoms with van der Waals surface area (Å²) in [6.07, 6.45) is -4.68. The molecule has 2 aromatic rings. The van der Waals surface area contributed by atoms with E-state index in [1.807, 2.05) is 0 Å². The first-order valence-corrected chi connectivity index (χ1v) is 7.45. The molecule has 1 N–H and O–H groups in total. The van der Waals surface area contributed by atoms with Crippen LogP contribution >= 0.6 is 11.6 Å². The molecular formula is C14H17ClF3N5O. The predicted octanol–water partition coefficient (Wildman–Crippen LogP) is 3.41. The number of hydrogen-bond acceptors (Lipinski definition) is 3. The summed E-state index contributed by atoms with van der Waals surface area (Å²) in [5.74, 6) is -0.509. The molecule has 0 bridgehead atoms. The number of rotatable bonds is 3. The largest absolute Gasteiger partial charge is 0.436 e. The highest BCUT2D eigenvalue weighted by atomic mass is 35.5. The molecule has 0 spiro atoms. The standard InChI is InChI=1S/C14H17ClF3N5O/c1-6-11(8(3)22(5)20-6)19-13(24)9(4)23-7(2)10(15)12(21-23)14(16,17)18/h9H,1-5H3,(H,19,24). The third-order valence-corrected chi connectivity index (χ3v) is 4.30. The average Bonchev–Trinajstić information content (AvgIpc) is 2.90. The lowest BCUT2D eigenvalue weighted by molar-refractivity contribution is -0.141. The van der Waals surface area contributed by atoms with Crippen molar-refractivity contribution in [1.82, 2.24) is 19.6 Å². The van der Waals surface area contributed by atoms with Crippen molar-refractivity contribution in [2.75, 3.05) is 5.32 Å². The van der Waals surface area contributed by atoms with E-state index in [0.717, 1.165) is 10.4 Å². The Labute approximate surface area is 141 Å². The Morgan fingerprint density at radius 3 is 2.21 bits per heavy atom. The van der Waals surface area contributed by atoms with E-state index in [9.17, 15) is 18.0 Å². The van der Waals surface area contributed by atoms with Gasteiger partial charge in [-0.25, -0.2) is 0 Å². The average molecular weight is 364 g/mol. The number of amides is 1. The third kappa shape index (κ3) is 3.12. The van der Waals surface area contributed by atoms with Crippen LogP contribution in [0.5, 0.6) is 0 Å². The van der Waals surface area contributed by atoms with Gasteiger partial charge in [0, 0.05) is 7.05 Å². The molecule has 0 radical (unpaired) electrons.